The van der Waals surface area contributed by atoms with Gasteiger partial charge in [0.2, 0.25) is 0 Å². The molecule has 54 heavy (non-hydrogen) atoms. The van der Waals surface area contributed by atoms with Gasteiger partial charge in [0, 0.05) is 44.0 Å². The average molecular weight is 695 g/mol. The van der Waals surface area contributed by atoms with Crippen LogP contribution in [0.5, 0.6) is 0 Å². The van der Waals surface area contributed by atoms with Crippen LogP contribution in [0.4, 0.5) is 0 Å². The van der Waals surface area contributed by atoms with Gasteiger partial charge in [-0.05, 0) is 128 Å². The van der Waals surface area contributed by atoms with E-state index in [9.17, 15) is 0 Å². The van der Waals surface area contributed by atoms with Crippen molar-refractivity contribution in [3.8, 4) is 44.5 Å². The highest BCUT2D eigenvalue weighted by molar-refractivity contribution is 5.95. The highest BCUT2D eigenvalue weighted by atomic mass is 14.8. The monoisotopic (exact) mass is 694 g/mol. The summed E-state index contributed by atoms with van der Waals surface area (Å²) in [5, 5.41) is 0. The second-order valence-corrected chi connectivity index (χ2v) is 16.1. The molecule has 8 bridgehead atoms. The van der Waals surface area contributed by atoms with E-state index in [0.717, 1.165) is 67.1 Å². The molecule has 5 heterocycles. The van der Waals surface area contributed by atoms with Gasteiger partial charge < -0.3 is 9.97 Å². The zero-order valence-electron chi connectivity index (χ0n) is 30.8. The molecule has 0 fully saturated rings. The van der Waals surface area contributed by atoms with Gasteiger partial charge in [-0.15, -0.1) is 0 Å². The lowest BCUT2D eigenvalue weighted by molar-refractivity contribution is 0.660. The van der Waals surface area contributed by atoms with E-state index >= 15 is 0 Å². The molecule has 4 nitrogen and oxygen atoms in total. The molecule has 2 aliphatic carbocycles. The molecule has 11 rings (SSSR count). The molecule has 0 unspecified atom stereocenters. The van der Waals surface area contributed by atoms with Crippen molar-refractivity contribution < 1.29 is 0 Å². The van der Waals surface area contributed by atoms with E-state index in [1.165, 1.54) is 44.5 Å². The Morgan fingerprint density at radius 1 is 0.407 bits per heavy atom. The Morgan fingerprint density at radius 3 is 1.30 bits per heavy atom. The van der Waals surface area contributed by atoms with Crippen LogP contribution in [0, 0.1) is 0 Å². The number of fused-ring (bicyclic) bond motifs is 14. The van der Waals surface area contributed by atoms with Crippen LogP contribution in [0.3, 0.4) is 0 Å². The quantitative estimate of drug-likeness (QED) is 0.189. The third-order valence-corrected chi connectivity index (χ3v) is 12.1. The minimum absolute atomic E-state index is 0.1000. The van der Waals surface area contributed by atoms with Crippen molar-refractivity contribution in [2.24, 2.45) is 0 Å². The summed E-state index contributed by atoms with van der Waals surface area (Å²) in [6.07, 6.45) is 8.53. The Bertz CT molecular complexity index is 2790. The van der Waals surface area contributed by atoms with Gasteiger partial charge in [0.05, 0.1) is 22.8 Å². The van der Waals surface area contributed by atoms with Crippen LogP contribution in [-0.2, 0) is 10.8 Å². The number of aromatic amines is 2. The molecule has 2 aliphatic heterocycles. The Hall–Kier alpha value is -6.52. The van der Waals surface area contributed by atoms with E-state index in [1.54, 1.807) is 0 Å². The van der Waals surface area contributed by atoms with Crippen molar-refractivity contribution in [2.75, 3.05) is 0 Å². The van der Waals surface area contributed by atoms with Crippen LogP contribution in [0.25, 0.3) is 90.9 Å². The van der Waals surface area contributed by atoms with Crippen molar-refractivity contribution in [2.45, 2.75) is 38.5 Å². The van der Waals surface area contributed by atoms with E-state index in [4.69, 9.17) is 9.97 Å². The van der Waals surface area contributed by atoms with E-state index in [2.05, 4.69) is 183 Å². The number of benzene rings is 4. The average Bonchev–Trinajstić information content (AvgIpc) is 4.05. The van der Waals surface area contributed by atoms with Crippen LogP contribution in [0.2, 0.25) is 0 Å². The van der Waals surface area contributed by atoms with Gasteiger partial charge in [0.15, 0.2) is 0 Å². The van der Waals surface area contributed by atoms with Crippen molar-refractivity contribution in [1.82, 2.24) is 19.9 Å². The number of rotatable bonds is 2. The van der Waals surface area contributed by atoms with Crippen LogP contribution in [0.1, 0.15) is 72.7 Å². The number of aromatic nitrogens is 4. The fourth-order valence-corrected chi connectivity index (χ4v) is 9.40. The van der Waals surface area contributed by atoms with Crippen LogP contribution in [0.15, 0.2) is 121 Å². The maximum atomic E-state index is 5.24. The van der Waals surface area contributed by atoms with Crippen molar-refractivity contribution >= 4 is 46.4 Å². The summed E-state index contributed by atoms with van der Waals surface area (Å²) in [6.45, 7) is 9.33. The number of nitrogens with one attached hydrogen (secondary N) is 2. The first-order chi connectivity index (χ1) is 26.2. The fourth-order valence-electron chi connectivity index (χ4n) is 9.40. The zero-order valence-corrected chi connectivity index (χ0v) is 30.8. The van der Waals surface area contributed by atoms with E-state index in [-0.39, 0.29) is 10.8 Å². The molecule has 0 saturated heterocycles. The van der Waals surface area contributed by atoms with E-state index in [0.29, 0.717) is 0 Å². The van der Waals surface area contributed by atoms with Gasteiger partial charge in [-0.1, -0.05) is 100 Å². The smallest absolute Gasteiger partial charge is 0.0736 e. The van der Waals surface area contributed by atoms with Crippen LogP contribution in [-0.4, -0.2) is 19.9 Å². The summed E-state index contributed by atoms with van der Waals surface area (Å²) in [5.74, 6) is 0. The first-order valence-corrected chi connectivity index (χ1v) is 18.8. The molecule has 0 radical (unpaired) electrons. The first-order valence-electron chi connectivity index (χ1n) is 18.8. The third kappa shape index (κ3) is 4.50. The van der Waals surface area contributed by atoms with Gasteiger partial charge >= 0.3 is 0 Å². The zero-order chi connectivity index (χ0) is 36.3. The first kappa shape index (κ1) is 31.0. The normalized spacial score (nSPS) is 15.2. The molecule has 258 valence electrons. The molecule has 0 saturated carbocycles. The van der Waals surface area contributed by atoms with Gasteiger partial charge in [-0.3, -0.25) is 0 Å². The topological polar surface area (TPSA) is 57.4 Å². The molecule has 0 spiro atoms. The summed E-state index contributed by atoms with van der Waals surface area (Å²) in [5.41, 5.74) is 22.7. The largest absolute Gasteiger partial charge is 0.355 e. The molecule has 3 aromatic heterocycles. The van der Waals surface area contributed by atoms with Crippen LogP contribution < -0.4 is 0 Å². The summed E-state index contributed by atoms with van der Waals surface area (Å²) >= 11 is 0. The molecule has 0 amide bonds. The maximum Gasteiger partial charge on any atom is 0.0736 e. The summed E-state index contributed by atoms with van der Waals surface area (Å²) < 4.78 is 0. The minimum Gasteiger partial charge on any atom is -0.355 e. The molecular weight excluding hydrogens is 657 g/mol. The molecule has 4 heteroatoms. The lowest BCUT2D eigenvalue weighted by atomic mass is 9.81. The molecule has 2 N–H and O–H groups in total. The highest BCUT2D eigenvalue weighted by Crippen LogP contribution is 2.51. The maximum absolute atomic E-state index is 5.24. The molecule has 0 atom stereocenters. The predicted octanol–water partition coefficient (Wildman–Crippen LogP) is 12.6. The minimum atomic E-state index is -0.1000. The summed E-state index contributed by atoms with van der Waals surface area (Å²) in [6, 6.07) is 44.4. The van der Waals surface area contributed by atoms with E-state index in [1.807, 2.05) is 0 Å². The Kier molecular flexibility index (Phi) is 6.33. The standard InChI is InChI=1S/C50H38N4/c1-49(2)39-11-7-5-9-35(39)37-19-13-29(25-41(37)49)47-43-21-15-31(51-43)27-33-17-23-45(53-33)48(46-24-18-34(54-46)28-32-16-22-44(47)52-32)30-14-20-38-36-10-6-8-12-40(36)50(3,4)42(38)26-30/h5-28,51,54H,1-4H3. The highest BCUT2D eigenvalue weighted by Gasteiger charge is 2.36. The van der Waals surface area contributed by atoms with Crippen LogP contribution >= 0.6 is 0 Å². The number of hydrogen-bond acceptors (Lipinski definition) is 2. The van der Waals surface area contributed by atoms with Gasteiger partial charge in [0.1, 0.15) is 0 Å². The third-order valence-electron chi connectivity index (χ3n) is 12.1. The van der Waals surface area contributed by atoms with Gasteiger partial charge in [-0.2, -0.15) is 0 Å². The van der Waals surface area contributed by atoms with Crippen molar-refractivity contribution in [1.29, 1.82) is 0 Å². The number of nitrogens with zero attached hydrogens (tertiary/aromatic N) is 2. The summed E-state index contributed by atoms with van der Waals surface area (Å²) in [7, 11) is 0. The molecular formula is C50H38N4. The SMILES string of the molecule is CC1(C)c2ccccc2-c2ccc(-c3c4nc(cc5ccc([nH]5)c(-c5ccc6c(c5)C(C)(C)c5ccccc5-6)c5nc(cc6ccc3[nH]6)C=C5)C=C4)cc21. The second kappa shape index (κ2) is 11.0. The fraction of sp³-hybridized carbons (Fsp3) is 0.120. The lowest BCUT2D eigenvalue weighted by Gasteiger charge is -2.22. The number of hydrogen-bond donors (Lipinski definition) is 2. The second-order valence-electron chi connectivity index (χ2n) is 16.1. The Morgan fingerprint density at radius 2 is 0.833 bits per heavy atom. The predicted molar refractivity (Wildman–Crippen MR) is 225 cm³/mol. The van der Waals surface area contributed by atoms with Gasteiger partial charge in [-0.25, -0.2) is 9.97 Å². The molecule has 7 aromatic rings. The lowest BCUT2D eigenvalue weighted by Crippen LogP contribution is -2.14. The Labute approximate surface area is 314 Å². The number of H-pyrrole nitrogens is 2. The van der Waals surface area contributed by atoms with Crippen molar-refractivity contribution in [3.63, 3.8) is 0 Å². The Balaban J connectivity index is 1.12. The summed E-state index contributed by atoms with van der Waals surface area (Å²) in [4.78, 5) is 18.0. The van der Waals surface area contributed by atoms with E-state index < -0.39 is 0 Å². The molecule has 4 aliphatic rings. The van der Waals surface area contributed by atoms with Gasteiger partial charge in [0.25, 0.3) is 0 Å². The van der Waals surface area contributed by atoms with Crippen molar-refractivity contribution in [3.05, 3.63) is 166 Å². The molecule has 4 aromatic carbocycles.